The topological polar surface area (TPSA) is 68.5 Å². The third-order valence-corrected chi connectivity index (χ3v) is 4.42. The molecule has 0 aliphatic rings. The van der Waals surface area contributed by atoms with Crippen molar-refractivity contribution in [2.75, 3.05) is 18.5 Å². The fourth-order valence-electron chi connectivity index (χ4n) is 2.19. The number of anilines is 1. The van der Waals surface area contributed by atoms with Gasteiger partial charge in [-0.25, -0.2) is 4.98 Å². The van der Waals surface area contributed by atoms with Gasteiger partial charge < -0.3 is 10.1 Å². The monoisotopic (exact) mass is 344 g/mol. The quantitative estimate of drug-likeness (QED) is 0.721. The van der Waals surface area contributed by atoms with E-state index in [9.17, 15) is 4.79 Å². The highest BCUT2D eigenvalue weighted by Gasteiger charge is 2.12. The lowest BCUT2D eigenvalue weighted by molar-refractivity contribution is 0.332. The van der Waals surface area contributed by atoms with Crippen LogP contribution in [0.4, 0.5) is 5.13 Å². The van der Waals surface area contributed by atoms with E-state index in [1.165, 1.54) is 33.7 Å². The predicted octanol–water partition coefficient (Wildman–Crippen LogP) is 2.94. The molecule has 0 saturated heterocycles. The van der Waals surface area contributed by atoms with Gasteiger partial charge in [-0.3, -0.25) is 4.79 Å². The lowest BCUT2D eigenvalue weighted by Gasteiger charge is -2.19. The zero-order chi connectivity index (χ0) is 17.2. The molecule has 0 bridgehead atoms. The Hall–Kier alpha value is -2.41. The third kappa shape index (κ3) is 3.73. The van der Waals surface area contributed by atoms with E-state index in [1.54, 1.807) is 0 Å². The van der Waals surface area contributed by atoms with Gasteiger partial charge in [0.05, 0.1) is 6.54 Å². The van der Waals surface area contributed by atoms with Crippen molar-refractivity contribution in [2.24, 2.45) is 0 Å². The fraction of sp³-hybridized carbons (Fsp3) is 0.353. The van der Waals surface area contributed by atoms with Crippen LogP contribution in [0.15, 0.2) is 41.3 Å². The van der Waals surface area contributed by atoms with Crippen molar-refractivity contribution >= 4 is 21.4 Å². The van der Waals surface area contributed by atoms with Crippen LogP contribution in [-0.4, -0.2) is 27.7 Å². The van der Waals surface area contributed by atoms with Crippen molar-refractivity contribution in [3.8, 4) is 5.75 Å². The lowest BCUT2D eigenvalue weighted by atomic mass is 9.87. The van der Waals surface area contributed by atoms with Gasteiger partial charge in [-0.1, -0.05) is 44.2 Å². The van der Waals surface area contributed by atoms with Crippen LogP contribution in [0.5, 0.6) is 5.75 Å². The van der Waals surface area contributed by atoms with Crippen LogP contribution in [-0.2, 0) is 5.41 Å². The van der Waals surface area contributed by atoms with Crippen LogP contribution in [0, 0.1) is 0 Å². The van der Waals surface area contributed by atoms with E-state index in [-0.39, 0.29) is 11.0 Å². The summed E-state index contributed by atoms with van der Waals surface area (Å²) in [6, 6.07) is 9.55. The summed E-state index contributed by atoms with van der Waals surface area (Å²) in [4.78, 5) is 16.3. The molecular formula is C17H20N4O2S. The van der Waals surface area contributed by atoms with Gasteiger partial charge in [-0.05, 0) is 23.1 Å². The molecule has 3 aromatic rings. The minimum absolute atomic E-state index is 0.138. The predicted molar refractivity (Wildman–Crippen MR) is 96.3 cm³/mol. The highest BCUT2D eigenvalue weighted by Crippen LogP contribution is 2.24. The fourth-order valence-corrected chi connectivity index (χ4v) is 2.99. The van der Waals surface area contributed by atoms with E-state index in [2.05, 4.69) is 48.3 Å². The zero-order valence-corrected chi connectivity index (χ0v) is 14.8. The van der Waals surface area contributed by atoms with Crippen LogP contribution in [0.25, 0.3) is 4.96 Å². The molecule has 3 rings (SSSR count). The van der Waals surface area contributed by atoms with Crippen molar-refractivity contribution in [3.63, 3.8) is 0 Å². The van der Waals surface area contributed by atoms with Crippen LogP contribution in [0.1, 0.15) is 26.3 Å². The van der Waals surface area contributed by atoms with Crippen LogP contribution in [0.3, 0.4) is 0 Å². The van der Waals surface area contributed by atoms with E-state index in [4.69, 9.17) is 4.74 Å². The average Bonchev–Trinajstić information content (AvgIpc) is 2.96. The Balaban J connectivity index is 1.53. The molecule has 0 fully saturated rings. The average molecular weight is 344 g/mol. The molecule has 0 atom stereocenters. The van der Waals surface area contributed by atoms with Crippen LogP contribution in [0.2, 0.25) is 0 Å². The number of hydrogen-bond acceptors (Lipinski definition) is 6. The van der Waals surface area contributed by atoms with E-state index >= 15 is 0 Å². The van der Waals surface area contributed by atoms with Crippen LogP contribution < -0.4 is 15.6 Å². The first kappa shape index (κ1) is 16.4. The molecule has 1 aromatic carbocycles. The van der Waals surface area contributed by atoms with Gasteiger partial charge in [0, 0.05) is 12.3 Å². The Morgan fingerprint density at radius 2 is 1.96 bits per heavy atom. The first-order valence-electron chi connectivity index (χ1n) is 7.75. The van der Waals surface area contributed by atoms with Crippen LogP contribution >= 0.6 is 11.3 Å². The summed E-state index contributed by atoms with van der Waals surface area (Å²) in [5.74, 6) is 0.840. The van der Waals surface area contributed by atoms with Gasteiger partial charge in [-0.2, -0.15) is 4.52 Å². The first-order chi connectivity index (χ1) is 11.4. The molecule has 0 spiro atoms. The largest absolute Gasteiger partial charge is 0.492 e. The molecule has 0 amide bonds. The molecule has 0 aliphatic heterocycles. The summed E-state index contributed by atoms with van der Waals surface area (Å²) in [6.07, 6.45) is 1.49. The molecule has 7 heteroatoms. The summed E-state index contributed by atoms with van der Waals surface area (Å²) in [5, 5.41) is 7.99. The minimum atomic E-state index is -0.181. The molecule has 1 N–H and O–H groups in total. The van der Waals surface area contributed by atoms with Crippen molar-refractivity contribution in [1.82, 2.24) is 14.6 Å². The second kappa shape index (κ2) is 6.60. The smallest absolute Gasteiger partial charge is 0.275 e. The number of nitrogens with zero attached hydrogens (tertiary/aromatic N) is 3. The number of hydrogen-bond donors (Lipinski definition) is 1. The highest BCUT2D eigenvalue weighted by atomic mass is 32.1. The molecular weight excluding hydrogens is 324 g/mol. The molecule has 24 heavy (non-hydrogen) atoms. The number of nitrogens with one attached hydrogen (secondary N) is 1. The number of ether oxygens (including phenoxy) is 1. The second-order valence-electron chi connectivity index (χ2n) is 6.43. The summed E-state index contributed by atoms with van der Waals surface area (Å²) >= 11 is 1.34. The number of fused-ring (bicyclic) bond motifs is 1. The van der Waals surface area contributed by atoms with Crippen molar-refractivity contribution in [3.05, 3.63) is 52.4 Å². The Bertz CT molecular complexity index is 878. The molecule has 6 nitrogen and oxygen atoms in total. The maximum atomic E-state index is 11.6. The Labute approximate surface area is 144 Å². The van der Waals surface area contributed by atoms with E-state index in [1.807, 2.05) is 12.1 Å². The second-order valence-corrected chi connectivity index (χ2v) is 7.39. The number of aromatic nitrogens is 3. The number of rotatable bonds is 5. The van der Waals surface area contributed by atoms with E-state index in [0.717, 1.165) is 5.75 Å². The Morgan fingerprint density at radius 3 is 2.62 bits per heavy atom. The number of benzene rings is 1. The Morgan fingerprint density at radius 1 is 1.21 bits per heavy atom. The molecule has 2 aromatic heterocycles. The molecule has 126 valence electrons. The van der Waals surface area contributed by atoms with Crippen molar-refractivity contribution < 1.29 is 4.74 Å². The van der Waals surface area contributed by atoms with Gasteiger partial charge in [-0.15, -0.1) is 5.10 Å². The maximum absolute atomic E-state index is 11.6. The summed E-state index contributed by atoms with van der Waals surface area (Å²) in [7, 11) is 0. The highest BCUT2D eigenvalue weighted by molar-refractivity contribution is 7.20. The summed E-state index contributed by atoms with van der Waals surface area (Å²) in [5.41, 5.74) is 1.24. The van der Waals surface area contributed by atoms with E-state index < -0.39 is 0 Å². The Kier molecular flexibility index (Phi) is 4.53. The van der Waals surface area contributed by atoms with Gasteiger partial charge in [0.2, 0.25) is 10.1 Å². The van der Waals surface area contributed by atoms with Crippen molar-refractivity contribution in [2.45, 2.75) is 26.2 Å². The molecule has 0 radical (unpaired) electrons. The molecule has 0 unspecified atom stereocenters. The standard InChI is InChI=1S/C17H20N4O2S/c1-17(2,3)12-4-6-13(7-5-12)23-11-10-18-15-20-21-14(22)8-9-19-16(21)24-15/h4-9H,10-11H2,1-3H3,(H,18,20). The van der Waals surface area contributed by atoms with Gasteiger partial charge in [0.25, 0.3) is 5.56 Å². The summed E-state index contributed by atoms with van der Waals surface area (Å²) in [6.45, 7) is 7.66. The normalized spacial score (nSPS) is 11.6. The van der Waals surface area contributed by atoms with Gasteiger partial charge >= 0.3 is 0 Å². The van der Waals surface area contributed by atoms with Crippen molar-refractivity contribution in [1.29, 1.82) is 0 Å². The molecule has 0 aliphatic carbocycles. The molecule has 0 saturated carbocycles. The molecule has 2 heterocycles. The SMILES string of the molecule is CC(C)(C)c1ccc(OCCNc2nn3c(=O)ccnc3s2)cc1. The zero-order valence-electron chi connectivity index (χ0n) is 13.9. The van der Waals surface area contributed by atoms with Gasteiger partial charge in [0.15, 0.2) is 0 Å². The third-order valence-electron chi connectivity index (χ3n) is 3.54. The lowest BCUT2D eigenvalue weighted by Crippen LogP contribution is -2.14. The first-order valence-corrected chi connectivity index (χ1v) is 8.57. The van der Waals surface area contributed by atoms with E-state index in [0.29, 0.717) is 23.2 Å². The minimum Gasteiger partial charge on any atom is -0.492 e. The maximum Gasteiger partial charge on any atom is 0.275 e. The summed E-state index contributed by atoms with van der Waals surface area (Å²) < 4.78 is 7.01. The van der Waals surface area contributed by atoms with Gasteiger partial charge in [0.1, 0.15) is 12.4 Å².